The van der Waals surface area contributed by atoms with Crippen molar-refractivity contribution < 1.29 is 9.72 Å². The molecule has 0 unspecified atom stereocenters. The molecule has 5 nitrogen and oxygen atoms in total. The number of carbonyl (C=O) groups is 1. The summed E-state index contributed by atoms with van der Waals surface area (Å²) in [5, 5.41) is 11.0. The van der Waals surface area contributed by atoms with Crippen LogP contribution in [0.3, 0.4) is 0 Å². The predicted molar refractivity (Wildman–Crippen MR) is 74.8 cm³/mol. The van der Waals surface area contributed by atoms with Crippen LogP contribution in [0.2, 0.25) is 0 Å². The van der Waals surface area contributed by atoms with Gasteiger partial charge in [0.15, 0.2) is 5.78 Å². The third-order valence-electron chi connectivity index (χ3n) is 3.17. The zero-order valence-electron chi connectivity index (χ0n) is 11.3. The second-order valence-electron chi connectivity index (χ2n) is 4.59. The Morgan fingerprint density at radius 1 is 1.20 bits per heavy atom. The lowest BCUT2D eigenvalue weighted by Gasteiger charge is -2.07. The maximum Gasteiger partial charge on any atom is 0.280 e. The van der Waals surface area contributed by atoms with Crippen LogP contribution in [-0.4, -0.2) is 15.7 Å². The first-order chi connectivity index (χ1) is 9.50. The molecule has 0 aliphatic rings. The average molecular weight is 270 g/mol. The van der Waals surface area contributed by atoms with Crippen LogP contribution in [0, 0.1) is 24.0 Å². The molecule has 5 heteroatoms. The first-order valence-electron chi connectivity index (χ1n) is 6.18. The topological polar surface area (TPSA) is 73.1 Å². The Morgan fingerprint density at radius 2 is 1.90 bits per heavy atom. The third kappa shape index (κ3) is 2.71. The summed E-state index contributed by atoms with van der Waals surface area (Å²) in [5.74, 6) is -0.281. The molecule has 0 aliphatic carbocycles. The number of pyridine rings is 1. The summed E-state index contributed by atoms with van der Waals surface area (Å²) < 4.78 is 0. The normalized spacial score (nSPS) is 10.3. The molecule has 0 saturated heterocycles. The zero-order valence-corrected chi connectivity index (χ0v) is 11.3. The Morgan fingerprint density at radius 3 is 2.55 bits per heavy atom. The summed E-state index contributed by atoms with van der Waals surface area (Å²) >= 11 is 0. The van der Waals surface area contributed by atoms with Gasteiger partial charge in [-0.3, -0.25) is 19.9 Å². The summed E-state index contributed by atoms with van der Waals surface area (Å²) in [6.45, 7) is 3.56. The molecule has 0 saturated carbocycles. The van der Waals surface area contributed by atoms with E-state index in [1.807, 2.05) is 13.0 Å². The number of benzene rings is 1. The van der Waals surface area contributed by atoms with Crippen molar-refractivity contribution >= 4 is 11.5 Å². The number of nitrogens with zero attached hydrogens (tertiary/aromatic N) is 2. The van der Waals surface area contributed by atoms with Crippen LogP contribution < -0.4 is 0 Å². The Balaban J connectivity index is 2.40. The molecule has 1 heterocycles. The largest absolute Gasteiger partial charge is 0.293 e. The van der Waals surface area contributed by atoms with E-state index in [0.717, 1.165) is 5.56 Å². The highest BCUT2D eigenvalue weighted by atomic mass is 16.6. The van der Waals surface area contributed by atoms with Crippen molar-refractivity contribution in [3.63, 3.8) is 0 Å². The lowest BCUT2D eigenvalue weighted by atomic mass is 9.98. The van der Waals surface area contributed by atoms with Crippen LogP contribution in [0.15, 0.2) is 36.5 Å². The molecule has 0 spiro atoms. The van der Waals surface area contributed by atoms with E-state index in [9.17, 15) is 14.9 Å². The van der Waals surface area contributed by atoms with Gasteiger partial charge in [-0.25, -0.2) is 0 Å². The van der Waals surface area contributed by atoms with Gasteiger partial charge in [0, 0.05) is 12.3 Å². The van der Waals surface area contributed by atoms with Crippen molar-refractivity contribution in [1.29, 1.82) is 0 Å². The van der Waals surface area contributed by atoms with Crippen LogP contribution in [0.4, 0.5) is 5.69 Å². The monoisotopic (exact) mass is 270 g/mol. The lowest BCUT2D eigenvalue weighted by Crippen LogP contribution is -2.11. The van der Waals surface area contributed by atoms with E-state index in [0.29, 0.717) is 11.3 Å². The van der Waals surface area contributed by atoms with Gasteiger partial charge in [0.25, 0.3) is 5.69 Å². The van der Waals surface area contributed by atoms with E-state index < -0.39 is 4.92 Å². The Labute approximate surface area is 116 Å². The maximum atomic E-state index is 12.4. The standard InChI is InChI=1S/C15H14N2O3/c1-10-6-4-8-16-12(10)9-14(18)15-11(2)5-3-7-13(15)17(19)20/h3-8H,9H2,1-2H3. The van der Waals surface area contributed by atoms with Gasteiger partial charge in [0.2, 0.25) is 0 Å². The highest BCUT2D eigenvalue weighted by Crippen LogP contribution is 2.23. The number of aromatic nitrogens is 1. The molecule has 0 aliphatic heterocycles. The molecule has 0 amide bonds. The van der Waals surface area contributed by atoms with Crippen LogP contribution in [0.25, 0.3) is 0 Å². The number of hydrogen-bond donors (Lipinski definition) is 0. The van der Waals surface area contributed by atoms with Gasteiger partial charge in [-0.15, -0.1) is 0 Å². The highest BCUT2D eigenvalue weighted by molar-refractivity contribution is 6.02. The Hall–Kier alpha value is -2.56. The average Bonchev–Trinajstić information content (AvgIpc) is 2.40. The fourth-order valence-corrected chi connectivity index (χ4v) is 2.11. The summed E-state index contributed by atoms with van der Waals surface area (Å²) in [7, 11) is 0. The first kappa shape index (κ1) is 13.9. The van der Waals surface area contributed by atoms with E-state index in [1.54, 1.807) is 31.3 Å². The van der Waals surface area contributed by atoms with Gasteiger partial charge < -0.3 is 0 Å². The first-order valence-corrected chi connectivity index (χ1v) is 6.18. The number of hydrogen-bond acceptors (Lipinski definition) is 4. The number of rotatable bonds is 4. The van der Waals surface area contributed by atoms with E-state index in [2.05, 4.69) is 4.98 Å². The highest BCUT2D eigenvalue weighted by Gasteiger charge is 2.22. The minimum absolute atomic E-state index is 0.0678. The minimum atomic E-state index is -0.522. The van der Waals surface area contributed by atoms with Gasteiger partial charge in [0.1, 0.15) is 0 Å². The van der Waals surface area contributed by atoms with Crippen LogP contribution in [-0.2, 0) is 6.42 Å². The number of nitro benzene ring substituents is 1. The number of nitro groups is 1. The summed E-state index contributed by atoms with van der Waals surface area (Å²) in [6, 6.07) is 8.29. The van der Waals surface area contributed by atoms with Crippen molar-refractivity contribution in [2.24, 2.45) is 0 Å². The van der Waals surface area contributed by atoms with Crippen molar-refractivity contribution in [1.82, 2.24) is 4.98 Å². The van der Waals surface area contributed by atoms with E-state index in [1.165, 1.54) is 6.07 Å². The Bertz CT molecular complexity index is 681. The molecule has 0 fully saturated rings. The summed E-state index contributed by atoms with van der Waals surface area (Å²) in [4.78, 5) is 27.0. The van der Waals surface area contributed by atoms with E-state index >= 15 is 0 Å². The number of aryl methyl sites for hydroxylation is 2. The smallest absolute Gasteiger partial charge is 0.280 e. The fourth-order valence-electron chi connectivity index (χ4n) is 2.11. The van der Waals surface area contributed by atoms with Crippen LogP contribution in [0.5, 0.6) is 0 Å². The molecule has 1 aromatic heterocycles. The Kier molecular flexibility index (Phi) is 3.89. The molecule has 2 rings (SSSR count). The summed E-state index contributed by atoms with van der Waals surface area (Å²) in [6.07, 6.45) is 1.68. The SMILES string of the molecule is Cc1cccnc1CC(=O)c1c(C)cccc1[N+](=O)[O-]. The zero-order chi connectivity index (χ0) is 14.7. The molecule has 1 aromatic carbocycles. The third-order valence-corrected chi connectivity index (χ3v) is 3.17. The molecule has 0 atom stereocenters. The van der Waals surface area contributed by atoms with Gasteiger partial charge in [-0.2, -0.15) is 0 Å². The molecule has 0 radical (unpaired) electrons. The molecular weight excluding hydrogens is 256 g/mol. The molecule has 0 bridgehead atoms. The van der Waals surface area contributed by atoms with Crippen LogP contribution in [0.1, 0.15) is 27.2 Å². The second-order valence-corrected chi connectivity index (χ2v) is 4.59. The maximum absolute atomic E-state index is 12.4. The predicted octanol–water partition coefficient (Wildman–Crippen LogP) is 3.03. The van der Waals surface area contributed by atoms with Crippen molar-refractivity contribution in [3.8, 4) is 0 Å². The van der Waals surface area contributed by atoms with Gasteiger partial charge in [-0.05, 0) is 31.0 Å². The van der Waals surface area contributed by atoms with Gasteiger partial charge >= 0.3 is 0 Å². The van der Waals surface area contributed by atoms with Crippen molar-refractivity contribution in [3.05, 3.63) is 69.0 Å². The van der Waals surface area contributed by atoms with Crippen molar-refractivity contribution in [2.45, 2.75) is 20.3 Å². The molecule has 102 valence electrons. The van der Waals surface area contributed by atoms with E-state index in [4.69, 9.17) is 0 Å². The number of ketones is 1. The second kappa shape index (κ2) is 5.61. The molecule has 20 heavy (non-hydrogen) atoms. The van der Waals surface area contributed by atoms with E-state index in [-0.39, 0.29) is 23.5 Å². The molecule has 2 aromatic rings. The minimum Gasteiger partial charge on any atom is -0.293 e. The quantitative estimate of drug-likeness (QED) is 0.486. The fraction of sp³-hybridized carbons (Fsp3) is 0.200. The molecular formula is C15H14N2O3. The lowest BCUT2D eigenvalue weighted by molar-refractivity contribution is -0.385. The van der Waals surface area contributed by atoms with Crippen molar-refractivity contribution in [2.75, 3.05) is 0 Å². The van der Waals surface area contributed by atoms with Gasteiger partial charge in [-0.1, -0.05) is 18.2 Å². The summed E-state index contributed by atoms with van der Waals surface area (Å²) in [5.41, 5.74) is 2.18. The number of Topliss-reactive ketones (excluding diaryl/α,β-unsaturated/α-hetero) is 1. The van der Waals surface area contributed by atoms with Crippen LogP contribution >= 0.6 is 0 Å². The molecule has 0 N–H and O–H groups in total. The van der Waals surface area contributed by atoms with Gasteiger partial charge in [0.05, 0.1) is 22.6 Å². The number of carbonyl (C=O) groups excluding carboxylic acids is 1.